The standard InChI is InChI=1S/C25H27Cl/c1-3-19-9-11-20(12-10-19)15-25-16-21(18-26)13-14-24(25)17-23-8-6-5-7-22(23)4-2/h5-14,16H,3-4,15,17-18H2,1-2H3. The molecule has 3 rings (SSSR count). The van der Waals surface area contributed by atoms with Crippen LogP contribution in [0, 0.1) is 0 Å². The monoisotopic (exact) mass is 362 g/mol. The molecule has 0 atom stereocenters. The first kappa shape index (κ1) is 18.7. The van der Waals surface area contributed by atoms with E-state index < -0.39 is 0 Å². The smallest absolute Gasteiger partial charge is 0.0474 e. The summed E-state index contributed by atoms with van der Waals surface area (Å²) >= 11 is 6.10. The van der Waals surface area contributed by atoms with Gasteiger partial charge in [0, 0.05) is 5.88 Å². The first-order valence-electron chi connectivity index (χ1n) is 9.54. The summed E-state index contributed by atoms with van der Waals surface area (Å²) in [6, 6.07) is 24.5. The molecule has 134 valence electrons. The van der Waals surface area contributed by atoms with Crippen LogP contribution in [0.1, 0.15) is 52.8 Å². The number of benzene rings is 3. The van der Waals surface area contributed by atoms with Crippen LogP contribution in [0.2, 0.25) is 0 Å². The highest BCUT2D eigenvalue weighted by molar-refractivity contribution is 6.17. The molecule has 26 heavy (non-hydrogen) atoms. The van der Waals surface area contributed by atoms with Crippen molar-refractivity contribution in [2.75, 3.05) is 0 Å². The van der Waals surface area contributed by atoms with Crippen LogP contribution in [0.4, 0.5) is 0 Å². The minimum Gasteiger partial charge on any atom is -0.122 e. The molecule has 3 aromatic carbocycles. The topological polar surface area (TPSA) is 0 Å². The van der Waals surface area contributed by atoms with Crippen molar-refractivity contribution < 1.29 is 0 Å². The van der Waals surface area contributed by atoms with E-state index in [-0.39, 0.29) is 0 Å². The normalized spacial score (nSPS) is 10.9. The molecule has 0 unspecified atom stereocenters. The van der Waals surface area contributed by atoms with Crippen molar-refractivity contribution in [3.05, 3.63) is 106 Å². The third-order valence-corrected chi connectivity index (χ3v) is 5.44. The molecule has 1 heteroatoms. The second-order valence-electron chi connectivity index (χ2n) is 6.88. The first-order chi connectivity index (χ1) is 12.7. The van der Waals surface area contributed by atoms with Gasteiger partial charge in [-0.2, -0.15) is 0 Å². The Morgan fingerprint density at radius 3 is 1.85 bits per heavy atom. The van der Waals surface area contributed by atoms with E-state index in [0.717, 1.165) is 25.7 Å². The van der Waals surface area contributed by atoms with Gasteiger partial charge in [0.25, 0.3) is 0 Å². The average molecular weight is 363 g/mol. The summed E-state index contributed by atoms with van der Waals surface area (Å²) in [5.41, 5.74) is 9.60. The summed E-state index contributed by atoms with van der Waals surface area (Å²) in [5.74, 6) is 0.563. The van der Waals surface area contributed by atoms with Crippen molar-refractivity contribution in [1.29, 1.82) is 0 Å². The molecule has 0 heterocycles. The van der Waals surface area contributed by atoms with Crippen molar-refractivity contribution in [2.24, 2.45) is 0 Å². The molecular weight excluding hydrogens is 336 g/mol. The lowest BCUT2D eigenvalue weighted by Crippen LogP contribution is -2.01. The number of alkyl halides is 1. The van der Waals surface area contributed by atoms with Crippen molar-refractivity contribution in [3.63, 3.8) is 0 Å². The minimum atomic E-state index is 0.563. The number of hydrogen-bond acceptors (Lipinski definition) is 0. The lowest BCUT2D eigenvalue weighted by atomic mass is 9.91. The second kappa shape index (κ2) is 9.05. The number of aryl methyl sites for hydroxylation is 2. The van der Waals surface area contributed by atoms with Gasteiger partial charge in [-0.05, 0) is 64.6 Å². The fourth-order valence-corrected chi connectivity index (χ4v) is 3.66. The molecule has 0 aromatic heterocycles. The Kier molecular flexibility index (Phi) is 6.52. The fourth-order valence-electron chi connectivity index (χ4n) is 3.49. The predicted octanol–water partition coefficient (Wildman–Crippen LogP) is 6.73. The molecule has 0 bridgehead atoms. The highest BCUT2D eigenvalue weighted by Crippen LogP contribution is 2.23. The maximum absolute atomic E-state index is 6.10. The quantitative estimate of drug-likeness (QED) is 0.408. The summed E-state index contributed by atoms with van der Waals surface area (Å²) in [6.07, 6.45) is 4.10. The van der Waals surface area contributed by atoms with Gasteiger partial charge in [0.15, 0.2) is 0 Å². The van der Waals surface area contributed by atoms with E-state index in [0.29, 0.717) is 5.88 Å². The van der Waals surface area contributed by atoms with Gasteiger partial charge < -0.3 is 0 Å². The van der Waals surface area contributed by atoms with E-state index in [2.05, 4.69) is 80.6 Å². The molecular formula is C25H27Cl. The first-order valence-corrected chi connectivity index (χ1v) is 10.1. The molecule has 0 amide bonds. The summed E-state index contributed by atoms with van der Waals surface area (Å²) in [6.45, 7) is 4.42. The molecule has 0 saturated carbocycles. The largest absolute Gasteiger partial charge is 0.122 e. The number of rotatable bonds is 7. The van der Waals surface area contributed by atoms with Crippen molar-refractivity contribution in [1.82, 2.24) is 0 Å². The average Bonchev–Trinajstić information content (AvgIpc) is 2.70. The summed E-state index contributed by atoms with van der Waals surface area (Å²) in [4.78, 5) is 0. The molecule has 3 aromatic rings. The molecule has 0 aliphatic rings. The predicted molar refractivity (Wildman–Crippen MR) is 113 cm³/mol. The molecule has 0 aliphatic carbocycles. The van der Waals surface area contributed by atoms with Gasteiger partial charge in [-0.25, -0.2) is 0 Å². The SMILES string of the molecule is CCc1ccc(Cc2cc(CCl)ccc2Cc2ccccc2CC)cc1. The number of hydrogen-bond donors (Lipinski definition) is 0. The van der Waals surface area contributed by atoms with Crippen LogP contribution in [0.5, 0.6) is 0 Å². The van der Waals surface area contributed by atoms with Gasteiger partial charge in [0.1, 0.15) is 0 Å². The zero-order valence-corrected chi connectivity index (χ0v) is 16.5. The summed E-state index contributed by atoms with van der Waals surface area (Å²) < 4.78 is 0. The molecule has 0 radical (unpaired) electrons. The highest BCUT2D eigenvalue weighted by atomic mass is 35.5. The van der Waals surface area contributed by atoms with Crippen molar-refractivity contribution >= 4 is 11.6 Å². The molecule has 0 saturated heterocycles. The van der Waals surface area contributed by atoms with Crippen LogP contribution in [0.3, 0.4) is 0 Å². The summed E-state index contributed by atoms with van der Waals surface area (Å²) in [7, 11) is 0. The molecule has 0 aliphatic heterocycles. The van der Waals surface area contributed by atoms with Crippen LogP contribution in [0.25, 0.3) is 0 Å². The van der Waals surface area contributed by atoms with Gasteiger partial charge >= 0.3 is 0 Å². The van der Waals surface area contributed by atoms with Crippen LogP contribution >= 0.6 is 11.6 Å². The van der Waals surface area contributed by atoms with Gasteiger partial charge in [0.05, 0.1) is 0 Å². The van der Waals surface area contributed by atoms with Gasteiger partial charge in [-0.3, -0.25) is 0 Å². The third-order valence-electron chi connectivity index (χ3n) is 5.13. The Bertz CT molecular complexity index is 846. The third kappa shape index (κ3) is 4.56. The molecule has 0 spiro atoms. The van der Waals surface area contributed by atoms with Gasteiger partial charge in [0.2, 0.25) is 0 Å². The Morgan fingerprint density at radius 1 is 0.577 bits per heavy atom. The van der Waals surface area contributed by atoms with Gasteiger partial charge in [-0.15, -0.1) is 11.6 Å². The van der Waals surface area contributed by atoms with Crippen molar-refractivity contribution in [3.8, 4) is 0 Å². The van der Waals surface area contributed by atoms with E-state index in [9.17, 15) is 0 Å². The molecule has 0 fully saturated rings. The second-order valence-corrected chi connectivity index (χ2v) is 7.15. The zero-order chi connectivity index (χ0) is 18.4. The Morgan fingerprint density at radius 2 is 1.19 bits per heavy atom. The van der Waals surface area contributed by atoms with Crippen molar-refractivity contribution in [2.45, 2.75) is 45.4 Å². The number of halogens is 1. The van der Waals surface area contributed by atoms with E-state index >= 15 is 0 Å². The highest BCUT2D eigenvalue weighted by Gasteiger charge is 2.09. The fraction of sp³-hybridized carbons (Fsp3) is 0.280. The summed E-state index contributed by atoms with van der Waals surface area (Å²) in [5, 5.41) is 0. The molecule has 0 N–H and O–H groups in total. The van der Waals surface area contributed by atoms with E-state index in [1.165, 1.54) is 38.9 Å². The molecule has 0 nitrogen and oxygen atoms in total. The van der Waals surface area contributed by atoms with Crippen LogP contribution in [-0.4, -0.2) is 0 Å². The zero-order valence-electron chi connectivity index (χ0n) is 15.8. The van der Waals surface area contributed by atoms with E-state index in [1.807, 2.05) is 0 Å². The van der Waals surface area contributed by atoms with E-state index in [1.54, 1.807) is 0 Å². The minimum absolute atomic E-state index is 0.563. The van der Waals surface area contributed by atoms with Crippen LogP contribution in [0.15, 0.2) is 66.7 Å². The maximum Gasteiger partial charge on any atom is 0.0474 e. The van der Waals surface area contributed by atoms with Crippen LogP contribution < -0.4 is 0 Å². The Hall–Kier alpha value is -2.05. The lowest BCUT2D eigenvalue weighted by molar-refractivity contribution is 1.03. The Balaban J connectivity index is 1.92. The lowest BCUT2D eigenvalue weighted by Gasteiger charge is -2.14. The van der Waals surface area contributed by atoms with Crippen LogP contribution in [-0.2, 0) is 31.6 Å². The Labute approximate surface area is 162 Å². The maximum atomic E-state index is 6.10. The van der Waals surface area contributed by atoms with Gasteiger partial charge in [-0.1, -0.05) is 80.6 Å². The van der Waals surface area contributed by atoms with E-state index in [4.69, 9.17) is 11.6 Å².